The third kappa shape index (κ3) is 4.65. The number of nitrogens with one attached hydrogen (secondary N) is 2. The summed E-state index contributed by atoms with van der Waals surface area (Å²) in [4.78, 5) is 22.0. The predicted molar refractivity (Wildman–Crippen MR) is 78.7 cm³/mol. The van der Waals surface area contributed by atoms with E-state index in [9.17, 15) is 4.79 Å². The first-order valence-corrected chi connectivity index (χ1v) is 6.59. The summed E-state index contributed by atoms with van der Waals surface area (Å²) in [5.41, 5.74) is 0. The van der Waals surface area contributed by atoms with E-state index >= 15 is 0 Å². The van der Waals surface area contributed by atoms with E-state index in [2.05, 4.69) is 20.6 Å². The maximum atomic E-state index is 11.8. The minimum absolute atomic E-state index is 0.0130. The Labute approximate surface area is 119 Å². The van der Waals surface area contributed by atoms with Gasteiger partial charge in [-0.15, -0.1) is 0 Å². The molecule has 0 saturated heterocycles. The molecule has 1 aromatic heterocycles. The van der Waals surface area contributed by atoms with E-state index in [0.717, 1.165) is 0 Å². The molecule has 0 radical (unpaired) electrons. The van der Waals surface area contributed by atoms with Gasteiger partial charge in [0.1, 0.15) is 24.3 Å². The monoisotopic (exact) mass is 281 g/mol. The minimum atomic E-state index is -0.357. The standard InChI is InChI=1S/C13H23N5O2/c1-6-20-8-12-16-10(14-3)7-11(17-12)15-9(2)13(19)18(4)5/h7,9H,6,8H2,1-5H3,(H2,14,15,16,17). The summed E-state index contributed by atoms with van der Waals surface area (Å²) in [7, 11) is 5.23. The van der Waals surface area contributed by atoms with Crippen molar-refractivity contribution in [3.63, 3.8) is 0 Å². The lowest BCUT2D eigenvalue weighted by molar-refractivity contribution is -0.129. The van der Waals surface area contributed by atoms with Crippen molar-refractivity contribution in [2.24, 2.45) is 0 Å². The molecule has 0 saturated carbocycles. The Morgan fingerprint density at radius 1 is 1.40 bits per heavy atom. The number of likely N-dealkylation sites (N-methyl/N-ethyl adjacent to an activating group) is 1. The van der Waals surface area contributed by atoms with Crippen LogP contribution in [-0.2, 0) is 16.1 Å². The summed E-state index contributed by atoms with van der Waals surface area (Å²) in [5.74, 6) is 1.84. The number of hydrogen-bond acceptors (Lipinski definition) is 6. The molecule has 1 amide bonds. The van der Waals surface area contributed by atoms with Crippen molar-refractivity contribution >= 4 is 17.5 Å². The van der Waals surface area contributed by atoms with Crippen LogP contribution in [-0.4, -0.2) is 54.6 Å². The molecule has 20 heavy (non-hydrogen) atoms. The van der Waals surface area contributed by atoms with Gasteiger partial charge in [0.2, 0.25) is 5.91 Å². The number of carbonyl (C=O) groups excluding carboxylic acids is 1. The number of nitrogens with zero attached hydrogens (tertiary/aromatic N) is 3. The van der Waals surface area contributed by atoms with Gasteiger partial charge in [0, 0.05) is 33.8 Å². The van der Waals surface area contributed by atoms with E-state index in [1.54, 1.807) is 39.0 Å². The highest BCUT2D eigenvalue weighted by Crippen LogP contribution is 2.13. The number of hydrogen-bond donors (Lipinski definition) is 2. The van der Waals surface area contributed by atoms with Crippen LogP contribution >= 0.6 is 0 Å². The third-order valence-corrected chi connectivity index (χ3v) is 2.64. The van der Waals surface area contributed by atoms with Crippen LogP contribution in [0.5, 0.6) is 0 Å². The molecule has 0 aliphatic rings. The van der Waals surface area contributed by atoms with Gasteiger partial charge in [-0.25, -0.2) is 9.97 Å². The molecule has 0 aliphatic carbocycles. The van der Waals surface area contributed by atoms with Gasteiger partial charge < -0.3 is 20.3 Å². The molecular formula is C13H23N5O2. The van der Waals surface area contributed by atoms with Crippen molar-refractivity contribution < 1.29 is 9.53 Å². The molecular weight excluding hydrogens is 258 g/mol. The topological polar surface area (TPSA) is 79.4 Å². The van der Waals surface area contributed by atoms with E-state index < -0.39 is 0 Å². The molecule has 1 aromatic rings. The third-order valence-electron chi connectivity index (χ3n) is 2.64. The molecule has 0 aliphatic heterocycles. The van der Waals surface area contributed by atoms with Gasteiger partial charge >= 0.3 is 0 Å². The second-order valence-electron chi connectivity index (χ2n) is 4.54. The number of rotatable bonds is 7. The maximum absolute atomic E-state index is 11.8. The Hall–Kier alpha value is -1.89. The zero-order valence-electron chi connectivity index (χ0n) is 12.7. The molecule has 1 atom stereocenters. The van der Waals surface area contributed by atoms with Gasteiger partial charge in [0.25, 0.3) is 0 Å². The van der Waals surface area contributed by atoms with Crippen molar-refractivity contribution in [1.82, 2.24) is 14.9 Å². The highest BCUT2D eigenvalue weighted by atomic mass is 16.5. The number of ether oxygens (including phenoxy) is 1. The molecule has 7 nitrogen and oxygen atoms in total. The van der Waals surface area contributed by atoms with Crippen LogP contribution in [0.1, 0.15) is 19.7 Å². The number of aromatic nitrogens is 2. The van der Waals surface area contributed by atoms with Crippen LogP contribution in [0.15, 0.2) is 6.07 Å². The summed E-state index contributed by atoms with van der Waals surface area (Å²) in [6, 6.07) is 1.40. The Bertz CT molecular complexity index is 450. The summed E-state index contributed by atoms with van der Waals surface area (Å²) in [6.45, 7) is 4.66. The maximum Gasteiger partial charge on any atom is 0.244 e. The predicted octanol–water partition coefficient (Wildman–Crippen LogP) is 0.943. The molecule has 0 fully saturated rings. The summed E-state index contributed by atoms with van der Waals surface area (Å²) in [5, 5.41) is 6.04. The fourth-order valence-corrected chi connectivity index (χ4v) is 1.63. The van der Waals surface area contributed by atoms with Crippen molar-refractivity contribution in [3.8, 4) is 0 Å². The molecule has 1 unspecified atom stereocenters. The first kappa shape index (κ1) is 16.2. The number of amides is 1. The lowest BCUT2D eigenvalue weighted by atomic mass is 10.3. The van der Waals surface area contributed by atoms with Gasteiger partial charge in [-0.3, -0.25) is 4.79 Å². The molecule has 0 bridgehead atoms. The average molecular weight is 281 g/mol. The zero-order chi connectivity index (χ0) is 15.1. The van der Waals surface area contributed by atoms with E-state index in [1.807, 2.05) is 6.92 Å². The van der Waals surface area contributed by atoms with Crippen LogP contribution in [0.4, 0.5) is 11.6 Å². The Balaban J connectivity index is 2.85. The zero-order valence-corrected chi connectivity index (χ0v) is 12.7. The Morgan fingerprint density at radius 3 is 2.60 bits per heavy atom. The number of carbonyl (C=O) groups is 1. The quantitative estimate of drug-likeness (QED) is 0.774. The van der Waals surface area contributed by atoms with Crippen molar-refractivity contribution in [3.05, 3.63) is 11.9 Å². The first-order valence-electron chi connectivity index (χ1n) is 6.59. The fourth-order valence-electron chi connectivity index (χ4n) is 1.63. The van der Waals surface area contributed by atoms with Gasteiger partial charge in [0.15, 0.2) is 5.82 Å². The van der Waals surface area contributed by atoms with E-state index in [1.165, 1.54) is 0 Å². The van der Waals surface area contributed by atoms with Crippen LogP contribution in [0.2, 0.25) is 0 Å². The van der Waals surface area contributed by atoms with Crippen LogP contribution in [0.25, 0.3) is 0 Å². The van der Waals surface area contributed by atoms with Crippen molar-refractivity contribution in [2.45, 2.75) is 26.5 Å². The fraction of sp³-hybridized carbons (Fsp3) is 0.615. The highest BCUT2D eigenvalue weighted by Gasteiger charge is 2.15. The molecule has 0 spiro atoms. The summed E-state index contributed by atoms with van der Waals surface area (Å²) < 4.78 is 5.31. The van der Waals surface area contributed by atoms with Crippen LogP contribution in [0, 0.1) is 0 Å². The van der Waals surface area contributed by atoms with Crippen molar-refractivity contribution in [2.75, 3.05) is 38.4 Å². The summed E-state index contributed by atoms with van der Waals surface area (Å²) >= 11 is 0. The lowest BCUT2D eigenvalue weighted by Crippen LogP contribution is -2.36. The SMILES string of the molecule is CCOCc1nc(NC)cc(NC(C)C(=O)N(C)C)n1. The van der Waals surface area contributed by atoms with E-state index in [0.29, 0.717) is 30.7 Å². The largest absolute Gasteiger partial charge is 0.374 e. The van der Waals surface area contributed by atoms with Gasteiger partial charge in [-0.05, 0) is 13.8 Å². The number of anilines is 2. The molecule has 112 valence electrons. The Morgan fingerprint density at radius 2 is 2.05 bits per heavy atom. The second kappa shape index (κ2) is 7.64. The summed E-state index contributed by atoms with van der Waals surface area (Å²) in [6.07, 6.45) is 0. The highest BCUT2D eigenvalue weighted by molar-refractivity contribution is 5.83. The van der Waals surface area contributed by atoms with E-state index in [-0.39, 0.29) is 11.9 Å². The molecule has 7 heteroatoms. The second-order valence-corrected chi connectivity index (χ2v) is 4.54. The average Bonchev–Trinajstić information content (AvgIpc) is 2.43. The molecule has 1 rings (SSSR count). The first-order chi connectivity index (χ1) is 9.47. The lowest BCUT2D eigenvalue weighted by Gasteiger charge is -2.19. The molecule has 1 heterocycles. The van der Waals surface area contributed by atoms with Gasteiger partial charge in [0.05, 0.1) is 0 Å². The van der Waals surface area contributed by atoms with Crippen LogP contribution in [0.3, 0.4) is 0 Å². The van der Waals surface area contributed by atoms with Crippen LogP contribution < -0.4 is 10.6 Å². The molecule has 0 aromatic carbocycles. The van der Waals surface area contributed by atoms with Crippen molar-refractivity contribution in [1.29, 1.82) is 0 Å². The molecule has 2 N–H and O–H groups in total. The Kier molecular flexibility index (Phi) is 6.17. The normalized spacial score (nSPS) is 11.8. The smallest absolute Gasteiger partial charge is 0.244 e. The van der Waals surface area contributed by atoms with Gasteiger partial charge in [-0.1, -0.05) is 0 Å². The minimum Gasteiger partial charge on any atom is -0.374 e. The van der Waals surface area contributed by atoms with Gasteiger partial charge in [-0.2, -0.15) is 0 Å². The van der Waals surface area contributed by atoms with E-state index in [4.69, 9.17) is 4.74 Å².